The van der Waals surface area contributed by atoms with Gasteiger partial charge in [0.25, 0.3) is 5.91 Å². The minimum atomic E-state index is -0.525. The molecular formula is C28H25N3O5. The van der Waals surface area contributed by atoms with Gasteiger partial charge in [-0.2, -0.15) is 5.10 Å². The van der Waals surface area contributed by atoms with Gasteiger partial charge in [-0.25, -0.2) is 10.2 Å². The number of nitrogens with zero attached hydrogens (tertiary/aromatic N) is 2. The fraction of sp³-hybridized carbons (Fsp3) is 0.107. The number of nitrogens with one attached hydrogen (secondary N) is 1. The summed E-state index contributed by atoms with van der Waals surface area (Å²) in [6.07, 6.45) is 3.74. The fourth-order valence-corrected chi connectivity index (χ4v) is 3.51. The number of amides is 1. The number of benzene rings is 3. The molecule has 0 aliphatic heterocycles. The van der Waals surface area contributed by atoms with Gasteiger partial charge in [0.2, 0.25) is 0 Å². The highest BCUT2D eigenvalue weighted by atomic mass is 16.6. The summed E-state index contributed by atoms with van der Waals surface area (Å²) in [6, 6.07) is 22.7. The molecule has 3 aromatic carbocycles. The molecule has 0 aliphatic carbocycles. The van der Waals surface area contributed by atoms with Crippen molar-refractivity contribution in [3.8, 4) is 22.9 Å². The van der Waals surface area contributed by atoms with Crippen LogP contribution in [0.4, 0.5) is 0 Å². The van der Waals surface area contributed by atoms with Crippen LogP contribution >= 0.6 is 0 Å². The molecule has 0 unspecified atom stereocenters. The van der Waals surface area contributed by atoms with Crippen molar-refractivity contribution < 1.29 is 23.8 Å². The van der Waals surface area contributed by atoms with Crippen molar-refractivity contribution in [2.24, 2.45) is 5.10 Å². The van der Waals surface area contributed by atoms with Gasteiger partial charge in [0.15, 0.2) is 11.5 Å². The maximum absolute atomic E-state index is 12.8. The van der Waals surface area contributed by atoms with E-state index in [1.807, 2.05) is 41.2 Å². The van der Waals surface area contributed by atoms with Crippen LogP contribution in [-0.2, 0) is 0 Å². The third-order valence-corrected chi connectivity index (χ3v) is 5.47. The van der Waals surface area contributed by atoms with Crippen molar-refractivity contribution in [3.05, 3.63) is 108 Å². The molecule has 8 heteroatoms. The van der Waals surface area contributed by atoms with E-state index in [2.05, 4.69) is 10.5 Å². The summed E-state index contributed by atoms with van der Waals surface area (Å²) in [6.45, 7) is 1.76. The lowest BCUT2D eigenvalue weighted by Gasteiger charge is -2.12. The third kappa shape index (κ3) is 5.44. The monoisotopic (exact) mass is 483 g/mol. The summed E-state index contributed by atoms with van der Waals surface area (Å²) in [5.74, 6) is 0.398. The molecule has 0 radical (unpaired) electrons. The summed E-state index contributed by atoms with van der Waals surface area (Å²) in [5, 5.41) is 4.26. The minimum Gasteiger partial charge on any atom is -0.497 e. The topological polar surface area (TPSA) is 91.2 Å². The Labute approximate surface area is 208 Å². The Balaban J connectivity index is 1.48. The normalized spacial score (nSPS) is 11.0. The first-order valence-electron chi connectivity index (χ1n) is 11.1. The Morgan fingerprint density at radius 3 is 2.19 bits per heavy atom. The smallest absolute Gasteiger partial charge is 0.343 e. The van der Waals surface area contributed by atoms with E-state index in [1.54, 1.807) is 68.6 Å². The maximum atomic E-state index is 12.8. The van der Waals surface area contributed by atoms with Gasteiger partial charge in [-0.15, -0.1) is 0 Å². The van der Waals surface area contributed by atoms with E-state index in [-0.39, 0.29) is 11.7 Å². The van der Waals surface area contributed by atoms with Crippen LogP contribution in [0.15, 0.2) is 96.4 Å². The van der Waals surface area contributed by atoms with Crippen LogP contribution in [0.1, 0.15) is 33.2 Å². The predicted octanol–water partition coefficient (Wildman–Crippen LogP) is 4.87. The van der Waals surface area contributed by atoms with Crippen molar-refractivity contribution in [1.82, 2.24) is 9.99 Å². The number of carbonyl (C=O) groups excluding carboxylic acids is 2. The van der Waals surface area contributed by atoms with Crippen LogP contribution in [0.2, 0.25) is 0 Å². The zero-order valence-electron chi connectivity index (χ0n) is 20.1. The molecule has 0 atom stereocenters. The summed E-state index contributed by atoms with van der Waals surface area (Å²) < 4.78 is 17.9. The quantitative estimate of drug-likeness (QED) is 0.167. The number of esters is 1. The molecule has 0 bridgehead atoms. The van der Waals surface area contributed by atoms with Crippen molar-refractivity contribution >= 4 is 17.6 Å². The van der Waals surface area contributed by atoms with Crippen LogP contribution in [0.25, 0.3) is 5.69 Å². The number of para-hydroxylation sites is 1. The van der Waals surface area contributed by atoms with Gasteiger partial charge in [0.1, 0.15) is 5.75 Å². The third-order valence-electron chi connectivity index (χ3n) is 5.47. The zero-order chi connectivity index (χ0) is 25.5. The average molecular weight is 484 g/mol. The molecule has 0 saturated carbocycles. The summed E-state index contributed by atoms with van der Waals surface area (Å²) in [7, 11) is 3.04. The molecular weight excluding hydrogens is 458 g/mol. The Morgan fingerprint density at radius 2 is 1.50 bits per heavy atom. The predicted molar refractivity (Wildman–Crippen MR) is 136 cm³/mol. The molecule has 8 nitrogen and oxygen atoms in total. The van der Waals surface area contributed by atoms with Crippen LogP contribution < -0.4 is 19.6 Å². The van der Waals surface area contributed by atoms with Gasteiger partial charge in [-0.05, 0) is 73.7 Å². The second-order valence-electron chi connectivity index (χ2n) is 7.73. The van der Waals surface area contributed by atoms with Crippen molar-refractivity contribution in [2.45, 2.75) is 6.92 Å². The Kier molecular flexibility index (Phi) is 7.45. The molecule has 4 aromatic rings. The van der Waals surface area contributed by atoms with E-state index >= 15 is 0 Å². The SMILES string of the molecule is COc1ccc(C(=O)Oc2ccc(/C(C)=N/NC(=O)c3ccccc3-n3cccc3)cc2OC)cc1. The van der Waals surface area contributed by atoms with Gasteiger partial charge >= 0.3 is 5.97 Å². The Bertz CT molecular complexity index is 1390. The van der Waals surface area contributed by atoms with E-state index < -0.39 is 5.97 Å². The minimum absolute atomic E-state index is 0.263. The van der Waals surface area contributed by atoms with Crippen molar-refractivity contribution in [2.75, 3.05) is 14.2 Å². The highest BCUT2D eigenvalue weighted by Crippen LogP contribution is 2.29. The second kappa shape index (κ2) is 11.1. The molecule has 0 fully saturated rings. The number of hydrogen-bond donors (Lipinski definition) is 1. The first-order chi connectivity index (χ1) is 17.5. The lowest BCUT2D eigenvalue weighted by molar-refractivity contribution is 0.0729. The first-order valence-corrected chi connectivity index (χ1v) is 11.1. The zero-order valence-corrected chi connectivity index (χ0v) is 20.1. The maximum Gasteiger partial charge on any atom is 0.343 e. The summed E-state index contributed by atoms with van der Waals surface area (Å²) in [4.78, 5) is 25.4. The number of aromatic nitrogens is 1. The second-order valence-corrected chi connectivity index (χ2v) is 7.73. The van der Waals surface area contributed by atoms with E-state index in [9.17, 15) is 9.59 Å². The van der Waals surface area contributed by atoms with Gasteiger partial charge in [0.05, 0.1) is 36.7 Å². The van der Waals surface area contributed by atoms with Gasteiger partial charge < -0.3 is 18.8 Å². The lowest BCUT2D eigenvalue weighted by Crippen LogP contribution is -2.21. The lowest BCUT2D eigenvalue weighted by atomic mass is 10.1. The number of hydrogen-bond acceptors (Lipinski definition) is 6. The summed E-state index contributed by atoms with van der Waals surface area (Å²) in [5.41, 5.74) is 5.47. The highest BCUT2D eigenvalue weighted by Gasteiger charge is 2.15. The number of ether oxygens (including phenoxy) is 3. The van der Waals surface area contributed by atoms with Crippen molar-refractivity contribution in [1.29, 1.82) is 0 Å². The van der Waals surface area contributed by atoms with E-state index in [0.29, 0.717) is 33.9 Å². The number of carbonyl (C=O) groups is 2. The van der Waals surface area contributed by atoms with Gasteiger partial charge in [-0.3, -0.25) is 4.79 Å². The van der Waals surface area contributed by atoms with E-state index in [1.165, 1.54) is 7.11 Å². The molecule has 1 heterocycles. The molecule has 1 aromatic heterocycles. The highest BCUT2D eigenvalue weighted by molar-refractivity contribution is 6.02. The van der Waals surface area contributed by atoms with Crippen LogP contribution in [-0.4, -0.2) is 36.4 Å². The standard InChI is InChI=1S/C28H25N3O5/c1-19(29-30-27(32)23-8-4-5-9-24(23)31-16-6-7-17-31)21-12-15-25(26(18-21)35-3)36-28(33)20-10-13-22(34-2)14-11-20/h4-18H,1-3H3,(H,30,32)/b29-19+. The number of methoxy groups -OCH3 is 2. The molecule has 36 heavy (non-hydrogen) atoms. The molecule has 1 N–H and O–H groups in total. The number of hydrazone groups is 1. The van der Waals surface area contributed by atoms with E-state index in [0.717, 1.165) is 5.69 Å². The van der Waals surface area contributed by atoms with Gasteiger partial charge in [-0.1, -0.05) is 12.1 Å². The number of rotatable bonds is 8. The Morgan fingerprint density at radius 1 is 0.806 bits per heavy atom. The van der Waals surface area contributed by atoms with E-state index in [4.69, 9.17) is 14.2 Å². The van der Waals surface area contributed by atoms with Gasteiger partial charge in [0, 0.05) is 18.0 Å². The fourth-order valence-electron chi connectivity index (χ4n) is 3.51. The van der Waals surface area contributed by atoms with Crippen LogP contribution in [0.3, 0.4) is 0 Å². The summed E-state index contributed by atoms with van der Waals surface area (Å²) >= 11 is 0. The Hall–Kier alpha value is -4.85. The van der Waals surface area contributed by atoms with Crippen LogP contribution in [0.5, 0.6) is 17.2 Å². The molecule has 0 aliphatic rings. The average Bonchev–Trinajstić information content (AvgIpc) is 3.46. The van der Waals surface area contributed by atoms with Crippen molar-refractivity contribution in [3.63, 3.8) is 0 Å². The molecule has 4 rings (SSSR count). The first kappa shape index (κ1) is 24.3. The van der Waals surface area contributed by atoms with Crippen LogP contribution in [0, 0.1) is 0 Å². The molecule has 182 valence electrons. The molecule has 0 spiro atoms. The molecule has 1 amide bonds. The molecule has 0 saturated heterocycles. The largest absolute Gasteiger partial charge is 0.497 e.